The molecular formula is C5H9KO3. The van der Waals surface area contributed by atoms with Gasteiger partial charge in [-0.15, -0.1) is 0 Å². The van der Waals surface area contributed by atoms with E-state index >= 15 is 0 Å². The third kappa shape index (κ3) is 8.78. The van der Waals surface area contributed by atoms with E-state index in [0.29, 0.717) is 12.9 Å². The van der Waals surface area contributed by atoms with Crippen LogP contribution in [0.3, 0.4) is 0 Å². The molecule has 0 heterocycles. The Hall–Kier alpha value is 0.776. The van der Waals surface area contributed by atoms with Gasteiger partial charge in [0.25, 0.3) is 0 Å². The first kappa shape index (κ1) is 12.5. The number of ether oxygens (including phenoxy) is 1. The van der Waals surface area contributed by atoms with Crippen molar-refractivity contribution in [1.29, 1.82) is 0 Å². The molecule has 3 nitrogen and oxygen atoms in total. The van der Waals surface area contributed by atoms with E-state index in [4.69, 9.17) is 0 Å². The molecule has 0 spiro atoms. The predicted molar refractivity (Wildman–Crippen MR) is 34.5 cm³/mol. The van der Waals surface area contributed by atoms with E-state index in [1.54, 1.807) is 6.92 Å². The Morgan fingerprint density at radius 2 is 2.22 bits per heavy atom. The normalized spacial score (nSPS) is 7.22. The van der Waals surface area contributed by atoms with Gasteiger partial charge in [0.05, 0.1) is 6.61 Å². The van der Waals surface area contributed by atoms with Crippen LogP contribution in [0.15, 0.2) is 0 Å². The Kier molecular flexibility index (Phi) is 12.1. The molecule has 0 saturated carbocycles. The van der Waals surface area contributed by atoms with Gasteiger partial charge in [-0.05, 0) is 6.92 Å². The van der Waals surface area contributed by atoms with E-state index < -0.39 is 5.97 Å². The van der Waals surface area contributed by atoms with Crippen LogP contribution in [0.5, 0.6) is 0 Å². The number of esters is 1. The van der Waals surface area contributed by atoms with Gasteiger partial charge in [0.2, 0.25) is 0 Å². The molecule has 0 aromatic carbocycles. The molecule has 0 N–H and O–H groups in total. The first-order chi connectivity index (χ1) is 3.81. The maximum atomic E-state index is 10.2. The minimum absolute atomic E-state index is 0. The number of carbonyl (C=O) groups excluding carboxylic acids is 2. The Labute approximate surface area is 96.6 Å². The van der Waals surface area contributed by atoms with Crippen molar-refractivity contribution >= 4 is 63.6 Å². The number of rotatable bonds is 3. The van der Waals surface area contributed by atoms with Crippen LogP contribution in [0.2, 0.25) is 0 Å². The number of aldehydes is 1. The Morgan fingerprint density at radius 3 is 2.56 bits per heavy atom. The van der Waals surface area contributed by atoms with E-state index in [1.165, 1.54) is 0 Å². The fraction of sp³-hybridized carbons (Fsp3) is 0.600. The van der Waals surface area contributed by atoms with Gasteiger partial charge < -0.3 is 9.53 Å². The molecule has 0 amide bonds. The van der Waals surface area contributed by atoms with E-state index in [2.05, 4.69) is 4.74 Å². The van der Waals surface area contributed by atoms with Crippen LogP contribution < -0.4 is 0 Å². The quantitative estimate of drug-likeness (QED) is 0.239. The van der Waals surface area contributed by atoms with Crippen LogP contribution in [0, 0.1) is 0 Å². The first-order valence-electron chi connectivity index (χ1n) is 2.40. The summed E-state index contributed by atoms with van der Waals surface area (Å²) < 4.78 is 4.41. The van der Waals surface area contributed by atoms with Gasteiger partial charge in [0.15, 0.2) is 0 Å². The molecule has 0 bridgehead atoms. The van der Waals surface area contributed by atoms with E-state index in [-0.39, 0.29) is 57.8 Å². The van der Waals surface area contributed by atoms with Crippen LogP contribution in [0.4, 0.5) is 0 Å². The van der Waals surface area contributed by atoms with Crippen LogP contribution in [-0.2, 0) is 14.3 Å². The van der Waals surface area contributed by atoms with Crippen LogP contribution in [-0.4, -0.2) is 70.2 Å². The third-order valence-electron chi connectivity index (χ3n) is 0.555. The molecule has 0 aliphatic heterocycles. The third-order valence-corrected chi connectivity index (χ3v) is 0.555. The van der Waals surface area contributed by atoms with Crippen LogP contribution in [0.25, 0.3) is 0 Å². The van der Waals surface area contributed by atoms with Crippen molar-refractivity contribution in [2.24, 2.45) is 0 Å². The topological polar surface area (TPSA) is 43.4 Å². The SMILES string of the molecule is CCOC(=O)CC=O.[KH]. The van der Waals surface area contributed by atoms with Crippen molar-refractivity contribution in [3.63, 3.8) is 0 Å². The average Bonchev–Trinajstić information content (AvgIpc) is 1.68. The number of carbonyl (C=O) groups is 2. The second-order valence-electron chi connectivity index (χ2n) is 1.18. The average molecular weight is 156 g/mol. The molecule has 0 atom stereocenters. The van der Waals surface area contributed by atoms with Gasteiger partial charge in [-0.2, -0.15) is 0 Å². The zero-order valence-electron chi connectivity index (χ0n) is 4.72. The van der Waals surface area contributed by atoms with Gasteiger partial charge in [0.1, 0.15) is 12.7 Å². The summed E-state index contributed by atoms with van der Waals surface area (Å²) in [5.41, 5.74) is 0. The van der Waals surface area contributed by atoms with Crippen molar-refractivity contribution in [3.8, 4) is 0 Å². The molecule has 0 radical (unpaired) electrons. The second-order valence-corrected chi connectivity index (χ2v) is 1.18. The van der Waals surface area contributed by atoms with Gasteiger partial charge in [-0.3, -0.25) is 4.79 Å². The van der Waals surface area contributed by atoms with Crippen molar-refractivity contribution in [1.82, 2.24) is 0 Å². The van der Waals surface area contributed by atoms with Crippen molar-refractivity contribution in [2.45, 2.75) is 13.3 Å². The summed E-state index contributed by atoms with van der Waals surface area (Å²) in [7, 11) is 0. The Balaban J connectivity index is 0. The summed E-state index contributed by atoms with van der Waals surface area (Å²) in [5.74, 6) is -0.456. The van der Waals surface area contributed by atoms with Gasteiger partial charge in [0, 0.05) is 0 Å². The predicted octanol–water partition coefficient (Wildman–Crippen LogP) is -0.510. The van der Waals surface area contributed by atoms with Crippen molar-refractivity contribution in [3.05, 3.63) is 0 Å². The molecule has 0 unspecified atom stereocenters. The molecular weight excluding hydrogens is 147 g/mol. The molecule has 0 aromatic heterocycles. The number of hydrogen-bond donors (Lipinski definition) is 0. The summed E-state index contributed by atoms with van der Waals surface area (Å²) >= 11 is 0. The summed E-state index contributed by atoms with van der Waals surface area (Å²) in [4.78, 5) is 19.8. The summed E-state index contributed by atoms with van der Waals surface area (Å²) in [6, 6.07) is 0. The van der Waals surface area contributed by atoms with Gasteiger partial charge in [-0.25, -0.2) is 0 Å². The van der Waals surface area contributed by atoms with Gasteiger partial charge >= 0.3 is 57.4 Å². The monoisotopic (exact) mass is 156 g/mol. The molecule has 4 heteroatoms. The van der Waals surface area contributed by atoms with Gasteiger partial charge in [-0.1, -0.05) is 0 Å². The van der Waals surface area contributed by atoms with E-state index in [9.17, 15) is 9.59 Å². The zero-order chi connectivity index (χ0) is 6.41. The summed E-state index contributed by atoms with van der Waals surface area (Å²) in [5, 5.41) is 0. The van der Waals surface area contributed by atoms with Crippen LogP contribution >= 0.6 is 0 Å². The number of hydrogen-bond acceptors (Lipinski definition) is 3. The molecule has 0 saturated heterocycles. The molecule has 48 valence electrons. The minimum atomic E-state index is -0.456. The zero-order valence-corrected chi connectivity index (χ0v) is 4.72. The molecule has 0 aliphatic rings. The van der Waals surface area contributed by atoms with Crippen molar-refractivity contribution < 1.29 is 14.3 Å². The first-order valence-corrected chi connectivity index (χ1v) is 2.40. The Bertz CT molecular complexity index is 92.2. The van der Waals surface area contributed by atoms with Crippen LogP contribution in [0.1, 0.15) is 13.3 Å². The summed E-state index contributed by atoms with van der Waals surface area (Å²) in [6.07, 6.45) is 0.395. The fourth-order valence-corrected chi connectivity index (χ4v) is 0.288. The molecule has 0 aliphatic carbocycles. The molecule has 9 heavy (non-hydrogen) atoms. The van der Waals surface area contributed by atoms with E-state index in [1.807, 2.05) is 0 Å². The molecule has 0 fully saturated rings. The summed E-state index contributed by atoms with van der Waals surface area (Å²) in [6.45, 7) is 2.04. The molecule has 0 aromatic rings. The maximum absolute atomic E-state index is 10.2. The Morgan fingerprint density at radius 1 is 1.67 bits per heavy atom. The van der Waals surface area contributed by atoms with Crippen molar-refractivity contribution in [2.75, 3.05) is 6.61 Å². The fourth-order valence-electron chi connectivity index (χ4n) is 0.288. The second kappa shape index (κ2) is 8.78. The van der Waals surface area contributed by atoms with E-state index in [0.717, 1.165) is 0 Å². The molecule has 0 rings (SSSR count). The standard InChI is InChI=1S/C5H8O3.K.H/c1-2-8-5(7)3-4-6;;/h4H,2-3H2,1H3;;.